The van der Waals surface area contributed by atoms with E-state index in [0.29, 0.717) is 6.54 Å². The maximum absolute atomic E-state index is 11.9. The van der Waals surface area contributed by atoms with Gasteiger partial charge in [-0.2, -0.15) is 5.10 Å². The summed E-state index contributed by atoms with van der Waals surface area (Å²) in [6, 6.07) is 3.72. The molecule has 5 heteroatoms. The van der Waals surface area contributed by atoms with Crippen LogP contribution in [0.25, 0.3) is 0 Å². The Balaban J connectivity index is 2.22. The van der Waals surface area contributed by atoms with Gasteiger partial charge in [-0.3, -0.25) is 9.48 Å². The van der Waals surface area contributed by atoms with E-state index in [1.807, 2.05) is 31.4 Å². The lowest BCUT2D eigenvalue weighted by Crippen LogP contribution is -2.11. The fourth-order valence-electron chi connectivity index (χ4n) is 1.48. The lowest BCUT2D eigenvalue weighted by atomic mass is 10.3. The molecule has 84 valence electrons. The van der Waals surface area contributed by atoms with Crippen molar-refractivity contribution in [2.24, 2.45) is 0 Å². The molecule has 0 aliphatic carbocycles. The van der Waals surface area contributed by atoms with Crippen LogP contribution in [0.1, 0.15) is 21.1 Å². The second-order valence-electron chi connectivity index (χ2n) is 3.54. The van der Waals surface area contributed by atoms with E-state index in [2.05, 4.69) is 21.0 Å². The lowest BCUT2D eigenvalue weighted by Gasteiger charge is -2.01. The van der Waals surface area contributed by atoms with Gasteiger partial charge < -0.3 is 0 Å². The highest BCUT2D eigenvalue weighted by Crippen LogP contribution is 2.20. The van der Waals surface area contributed by atoms with Crippen LogP contribution in [-0.2, 0) is 6.54 Å². The molecule has 0 spiro atoms. The number of aryl methyl sites for hydroxylation is 1. The Labute approximate surface area is 106 Å². The monoisotopic (exact) mass is 298 g/mol. The molecule has 0 atom stereocenters. The molecule has 0 aliphatic heterocycles. The topological polar surface area (TPSA) is 34.9 Å². The van der Waals surface area contributed by atoms with Crippen LogP contribution >= 0.6 is 27.3 Å². The van der Waals surface area contributed by atoms with E-state index in [4.69, 9.17) is 0 Å². The zero-order chi connectivity index (χ0) is 11.7. The minimum atomic E-state index is 0.105. The van der Waals surface area contributed by atoms with E-state index in [1.165, 1.54) is 11.3 Å². The number of hydrogen-bond donors (Lipinski definition) is 0. The Kier molecular flexibility index (Phi) is 3.25. The minimum Gasteiger partial charge on any atom is -0.291 e. The van der Waals surface area contributed by atoms with Gasteiger partial charge in [0.25, 0.3) is 0 Å². The van der Waals surface area contributed by atoms with Gasteiger partial charge in [-0.25, -0.2) is 0 Å². The number of Topliss-reactive ketones (excluding diaryl/α,β-unsaturated/α-hetero) is 1. The minimum absolute atomic E-state index is 0.105. The normalized spacial score (nSPS) is 10.7. The van der Waals surface area contributed by atoms with Crippen molar-refractivity contribution in [3.05, 3.63) is 38.3 Å². The van der Waals surface area contributed by atoms with E-state index < -0.39 is 0 Å². The van der Waals surface area contributed by atoms with E-state index in [0.717, 1.165) is 20.7 Å². The van der Waals surface area contributed by atoms with Gasteiger partial charge in [0.2, 0.25) is 0 Å². The summed E-state index contributed by atoms with van der Waals surface area (Å²) in [5, 5.41) is 6.22. The summed E-state index contributed by atoms with van der Waals surface area (Å²) in [4.78, 5) is 12.7. The van der Waals surface area contributed by atoms with E-state index in [1.54, 1.807) is 4.68 Å². The number of aromatic nitrogens is 2. The molecule has 0 fully saturated rings. The van der Waals surface area contributed by atoms with Crippen molar-refractivity contribution < 1.29 is 4.79 Å². The second-order valence-corrected chi connectivity index (χ2v) is 5.28. The number of ketones is 1. The van der Waals surface area contributed by atoms with Gasteiger partial charge >= 0.3 is 0 Å². The molecule has 0 N–H and O–H groups in total. The van der Waals surface area contributed by atoms with Crippen LogP contribution in [0.15, 0.2) is 22.0 Å². The van der Waals surface area contributed by atoms with E-state index in [-0.39, 0.29) is 5.78 Å². The molecule has 3 nitrogen and oxygen atoms in total. The SMILES string of the molecule is Cc1nn(CC(=O)c2cccs2)c(C)c1Br. The summed E-state index contributed by atoms with van der Waals surface area (Å²) in [5.74, 6) is 0.105. The molecular formula is C11H11BrN2OS. The van der Waals surface area contributed by atoms with Crippen molar-refractivity contribution in [2.75, 3.05) is 0 Å². The molecule has 0 aromatic carbocycles. The quantitative estimate of drug-likeness (QED) is 0.816. The van der Waals surface area contributed by atoms with Crippen LogP contribution in [0.4, 0.5) is 0 Å². The van der Waals surface area contributed by atoms with Crippen LogP contribution in [0, 0.1) is 13.8 Å². The molecule has 0 aliphatic rings. The predicted octanol–water partition coefficient (Wildman–Crippen LogP) is 3.21. The standard InChI is InChI=1S/C11H11BrN2OS/c1-7-11(12)8(2)14(13-7)6-9(15)10-4-3-5-16-10/h3-5H,6H2,1-2H3. The Hall–Kier alpha value is -0.940. The van der Waals surface area contributed by atoms with Crippen LogP contribution in [0.3, 0.4) is 0 Å². The average Bonchev–Trinajstić information content (AvgIpc) is 2.85. The second kappa shape index (κ2) is 4.51. The Morgan fingerprint density at radius 3 is 2.81 bits per heavy atom. The van der Waals surface area contributed by atoms with Crippen molar-refractivity contribution in [2.45, 2.75) is 20.4 Å². The third-order valence-electron chi connectivity index (χ3n) is 2.38. The molecule has 16 heavy (non-hydrogen) atoms. The summed E-state index contributed by atoms with van der Waals surface area (Å²) < 4.78 is 2.72. The molecule has 0 saturated carbocycles. The predicted molar refractivity (Wildman–Crippen MR) is 68.1 cm³/mol. The summed E-state index contributed by atoms with van der Waals surface area (Å²) in [7, 11) is 0. The molecule has 0 bridgehead atoms. The number of rotatable bonds is 3. The number of carbonyl (C=O) groups excluding carboxylic acids is 1. The van der Waals surface area contributed by atoms with Gasteiger partial charge in [-0.15, -0.1) is 11.3 Å². The first-order valence-corrected chi connectivity index (χ1v) is 6.53. The zero-order valence-electron chi connectivity index (χ0n) is 9.03. The first kappa shape index (κ1) is 11.5. The molecule has 2 heterocycles. The molecule has 0 radical (unpaired) electrons. The molecular weight excluding hydrogens is 288 g/mol. The Bertz CT molecular complexity index is 516. The van der Waals surface area contributed by atoms with Crippen LogP contribution < -0.4 is 0 Å². The maximum atomic E-state index is 11.9. The number of hydrogen-bond acceptors (Lipinski definition) is 3. The lowest BCUT2D eigenvalue weighted by molar-refractivity contribution is 0.0970. The summed E-state index contributed by atoms with van der Waals surface area (Å²) in [6.45, 7) is 4.17. The molecule has 0 saturated heterocycles. The molecule has 2 aromatic rings. The number of thiophene rings is 1. The van der Waals surface area contributed by atoms with Crippen LogP contribution in [0.5, 0.6) is 0 Å². The highest BCUT2D eigenvalue weighted by molar-refractivity contribution is 9.10. The van der Waals surface area contributed by atoms with Crippen LogP contribution in [0.2, 0.25) is 0 Å². The number of carbonyl (C=O) groups is 1. The molecule has 2 aromatic heterocycles. The fraction of sp³-hybridized carbons (Fsp3) is 0.273. The van der Waals surface area contributed by atoms with Gasteiger partial charge in [0.15, 0.2) is 5.78 Å². The largest absolute Gasteiger partial charge is 0.291 e. The highest BCUT2D eigenvalue weighted by atomic mass is 79.9. The molecule has 0 amide bonds. The highest BCUT2D eigenvalue weighted by Gasteiger charge is 2.13. The van der Waals surface area contributed by atoms with Crippen molar-refractivity contribution >= 4 is 33.0 Å². The van der Waals surface area contributed by atoms with E-state index in [9.17, 15) is 4.79 Å². The first-order valence-electron chi connectivity index (χ1n) is 4.86. The summed E-state index contributed by atoms with van der Waals surface area (Å²) in [6.07, 6.45) is 0. The fourth-order valence-corrected chi connectivity index (χ4v) is 2.42. The Morgan fingerprint density at radius 2 is 2.31 bits per heavy atom. The van der Waals surface area contributed by atoms with E-state index >= 15 is 0 Å². The van der Waals surface area contributed by atoms with Crippen molar-refractivity contribution in [1.82, 2.24) is 9.78 Å². The number of nitrogens with zero attached hydrogens (tertiary/aromatic N) is 2. The maximum Gasteiger partial charge on any atom is 0.194 e. The smallest absolute Gasteiger partial charge is 0.194 e. The van der Waals surface area contributed by atoms with Gasteiger partial charge in [0.1, 0.15) is 6.54 Å². The van der Waals surface area contributed by atoms with Crippen molar-refractivity contribution in [1.29, 1.82) is 0 Å². The van der Waals surface area contributed by atoms with Crippen molar-refractivity contribution in [3.63, 3.8) is 0 Å². The number of halogens is 1. The third kappa shape index (κ3) is 2.10. The van der Waals surface area contributed by atoms with Gasteiger partial charge in [0, 0.05) is 0 Å². The molecule has 0 unspecified atom stereocenters. The summed E-state index contributed by atoms with van der Waals surface area (Å²) >= 11 is 4.91. The summed E-state index contributed by atoms with van der Waals surface area (Å²) in [5.41, 5.74) is 1.90. The Morgan fingerprint density at radius 1 is 1.56 bits per heavy atom. The van der Waals surface area contributed by atoms with Crippen LogP contribution in [-0.4, -0.2) is 15.6 Å². The van der Waals surface area contributed by atoms with Gasteiger partial charge in [-0.1, -0.05) is 6.07 Å². The van der Waals surface area contributed by atoms with Gasteiger partial charge in [0.05, 0.1) is 20.7 Å². The first-order chi connectivity index (χ1) is 7.59. The molecule has 2 rings (SSSR count). The average molecular weight is 299 g/mol. The van der Waals surface area contributed by atoms with Crippen molar-refractivity contribution in [3.8, 4) is 0 Å². The zero-order valence-corrected chi connectivity index (χ0v) is 11.4. The van der Waals surface area contributed by atoms with Gasteiger partial charge in [-0.05, 0) is 41.2 Å². The third-order valence-corrected chi connectivity index (χ3v) is 4.44.